The lowest BCUT2D eigenvalue weighted by molar-refractivity contribution is 0.582. The van der Waals surface area contributed by atoms with Crippen LogP contribution in [0.2, 0.25) is 0 Å². The molecule has 2 aromatic rings. The number of benzene rings is 1. The van der Waals surface area contributed by atoms with Crippen LogP contribution in [0.15, 0.2) is 33.9 Å². The third-order valence-electron chi connectivity index (χ3n) is 3.11. The second-order valence-corrected chi connectivity index (χ2v) is 7.31. The molecular weight excluding hydrogens is 284 g/mol. The van der Waals surface area contributed by atoms with Gasteiger partial charge in [0.25, 0.3) is 0 Å². The maximum atomic E-state index is 13.2. The van der Waals surface area contributed by atoms with E-state index in [1.54, 1.807) is 11.3 Å². The van der Waals surface area contributed by atoms with Crippen LogP contribution in [-0.4, -0.2) is 5.25 Å². The van der Waals surface area contributed by atoms with Crippen LogP contribution in [0.25, 0.3) is 0 Å². The Labute approximate surface area is 119 Å². The van der Waals surface area contributed by atoms with Crippen molar-refractivity contribution in [2.24, 2.45) is 0 Å². The van der Waals surface area contributed by atoms with E-state index >= 15 is 0 Å². The summed E-state index contributed by atoms with van der Waals surface area (Å²) < 4.78 is 27.7. The van der Waals surface area contributed by atoms with Gasteiger partial charge in [-0.1, -0.05) is 6.92 Å². The average molecular weight is 297 g/mol. The van der Waals surface area contributed by atoms with Gasteiger partial charge in [0.1, 0.15) is 11.6 Å². The third kappa shape index (κ3) is 2.77. The number of hydrogen-bond acceptors (Lipinski definition) is 3. The van der Waals surface area contributed by atoms with Crippen LogP contribution in [0.1, 0.15) is 24.9 Å². The molecule has 1 N–H and O–H groups in total. The van der Waals surface area contributed by atoms with Crippen molar-refractivity contribution in [3.8, 4) is 0 Å². The first kappa shape index (κ1) is 12.9. The number of hydrogen-bond donors (Lipinski definition) is 1. The molecule has 0 aliphatic carbocycles. The molecule has 19 heavy (non-hydrogen) atoms. The monoisotopic (exact) mass is 297 g/mol. The van der Waals surface area contributed by atoms with Crippen molar-refractivity contribution < 1.29 is 8.78 Å². The minimum absolute atomic E-state index is 0.124. The Morgan fingerprint density at radius 1 is 1.21 bits per heavy atom. The maximum Gasteiger partial charge on any atom is 0.128 e. The molecule has 0 saturated heterocycles. The highest BCUT2D eigenvalue weighted by Gasteiger charge is 2.26. The lowest BCUT2D eigenvalue weighted by Gasteiger charge is -2.28. The van der Waals surface area contributed by atoms with Gasteiger partial charge in [-0.15, -0.1) is 23.1 Å². The first-order valence-corrected chi connectivity index (χ1v) is 7.84. The molecule has 0 spiro atoms. The Morgan fingerprint density at radius 3 is 2.68 bits per heavy atom. The molecule has 100 valence electrons. The van der Waals surface area contributed by atoms with Crippen LogP contribution in [0, 0.1) is 11.6 Å². The van der Waals surface area contributed by atoms with Crippen LogP contribution in [-0.2, 0) is 0 Å². The molecule has 0 fully saturated rings. The van der Waals surface area contributed by atoms with Crippen molar-refractivity contribution >= 4 is 28.8 Å². The van der Waals surface area contributed by atoms with Crippen LogP contribution >= 0.6 is 23.1 Å². The molecule has 0 saturated carbocycles. The smallest absolute Gasteiger partial charge is 0.128 e. The maximum absolute atomic E-state index is 13.2. The lowest BCUT2D eigenvalue weighted by Crippen LogP contribution is -2.19. The summed E-state index contributed by atoms with van der Waals surface area (Å²) in [6.07, 6.45) is 0.951. The zero-order valence-electron chi connectivity index (χ0n) is 10.3. The molecule has 1 unspecified atom stereocenters. The minimum Gasteiger partial charge on any atom is -0.378 e. The van der Waals surface area contributed by atoms with Gasteiger partial charge in [0.05, 0.1) is 10.3 Å². The fourth-order valence-corrected chi connectivity index (χ4v) is 4.89. The van der Waals surface area contributed by atoms with Gasteiger partial charge < -0.3 is 5.32 Å². The predicted molar refractivity (Wildman–Crippen MR) is 77.0 cm³/mol. The highest BCUT2D eigenvalue weighted by molar-refractivity contribution is 8.01. The van der Waals surface area contributed by atoms with Crippen molar-refractivity contribution in [1.29, 1.82) is 0 Å². The van der Waals surface area contributed by atoms with Crippen molar-refractivity contribution in [2.45, 2.75) is 28.8 Å². The van der Waals surface area contributed by atoms with Crippen molar-refractivity contribution in [1.82, 2.24) is 0 Å². The summed E-state index contributed by atoms with van der Waals surface area (Å²) in [5.41, 5.74) is 1.73. The molecule has 1 aliphatic heterocycles. The van der Waals surface area contributed by atoms with E-state index in [2.05, 4.69) is 23.7 Å². The molecule has 5 heteroatoms. The quantitative estimate of drug-likeness (QED) is 0.831. The summed E-state index contributed by atoms with van der Waals surface area (Å²) in [5, 5.41) is 5.82. The first-order chi connectivity index (χ1) is 9.11. The molecule has 0 radical (unpaired) electrons. The second-order valence-electron chi connectivity index (χ2n) is 4.68. The van der Waals surface area contributed by atoms with Gasteiger partial charge in [0.15, 0.2) is 0 Å². The van der Waals surface area contributed by atoms with Gasteiger partial charge in [-0.3, -0.25) is 0 Å². The van der Waals surface area contributed by atoms with E-state index < -0.39 is 11.6 Å². The molecular formula is C14H13F2NS2. The minimum atomic E-state index is -0.550. The number of fused-ring (bicyclic) bond motifs is 1. The molecule has 1 aromatic carbocycles. The fraction of sp³-hybridized carbons (Fsp3) is 0.286. The van der Waals surface area contributed by atoms with Gasteiger partial charge in [0.2, 0.25) is 0 Å². The topological polar surface area (TPSA) is 12.0 Å². The lowest BCUT2D eigenvalue weighted by atomic mass is 10.0. The summed E-state index contributed by atoms with van der Waals surface area (Å²) >= 11 is 3.59. The van der Waals surface area contributed by atoms with Crippen molar-refractivity contribution in [3.05, 3.63) is 46.8 Å². The highest BCUT2D eigenvalue weighted by atomic mass is 32.2. The number of thiophene rings is 1. The molecule has 0 amide bonds. The van der Waals surface area contributed by atoms with E-state index in [9.17, 15) is 8.78 Å². The third-order valence-corrected chi connectivity index (χ3v) is 5.46. The summed E-state index contributed by atoms with van der Waals surface area (Å²) in [6, 6.07) is 5.77. The Bertz CT molecular complexity index is 577. The fourth-order valence-electron chi connectivity index (χ4n) is 2.32. The Morgan fingerprint density at radius 2 is 1.95 bits per heavy atom. The summed E-state index contributed by atoms with van der Waals surface area (Å²) in [7, 11) is 0. The largest absolute Gasteiger partial charge is 0.378 e. The molecule has 3 rings (SSSR count). The first-order valence-electron chi connectivity index (χ1n) is 6.08. The van der Waals surface area contributed by atoms with Crippen LogP contribution < -0.4 is 5.32 Å². The van der Waals surface area contributed by atoms with Crippen LogP contribution in [0.4, 0.5) is 14.5 Å². The van der Waals surface area contributed by atoms with Gasteiger partial charge >= 0.3 is 0 Å². The predicted octanol–water partition coefficient (Wildman–Crippen LogP) is 5.06. The molecule has 2 atom stereocenters. The summed E-state index contributed by atoms with van der Waals surface area (Å²) in [4.78, 5) is 0. The number of nitrogens with one attached hydrogen (secondary N) is 1. The Balaban J connectivity index is 1.88. The number of anilines is 1. The van der Waals surface area contributed by atoms with E-state index in [4.69, 9.17) is 0 Å². The van der Waals surface area contributed by atoms with Gasteiger partial charge in [-0.25, -0.2) is 8.78 Å². The summed E-state index contributed by atoms with van der Waals surface area (Å²) in [6.45, 7) is 2.17. The SMILES string of the molecule is C[C@H]1CC(Nc2cc(F)cc(F)c2)c2ccsc2S1. The molecule has 2 heterocycles. The van der Waals surface area contributed by atoms with Gasteiger partial charge in [-0.05, 0) is 35.6 Å². The van der Waals surface area contributed by atoms with E-state index in [1.165, 1.54) is 21.9 Å². The molecule has 1 aliphatic rings. The Kier molecular flexibility index (Phi) is 3.50. The van der Waals surface area contributed by atoms with Gasteiger partial charge in [-0.2, -0.15) is 0 Å². The van der Waals surface area contributed by atoms with Crippen molar-refractivity contribution in [2.75, 3.05) is 5.32 Å². The molecule has 1 nitrogen and oxygen atoms in total. The average Bonchev–Trinajstić information content (AvgIpc) is 2.75. The summed E-state index contributed by atoms with van der Waals surface area (Å²) in [5.74, 6) is -1.10. The van der Waals surface area contributed by atoms with Gasteiger partial charge in [0, 0.05) is 17.0 Å². The molecule has 1 aromatic heterocycles. The number of thioether (sulfide) groups is 1. The zero-order valence-corrected chi connectivity index (χ0v) is 12.0. The van der Waals surface area contributed by atoms with E-state index in [0.717, 1.165) is 12.5 Å². The van der Waals surface area contributed by atoms with E-state index in [0.29, 0.717) is 10.9 Å². The number of rotatable bonds is 2. The normalized spacial score (nSPS) is 22.1. The van der Waals surface area contributed by atoms with Crippen LogP contribution in [0.3, 0.4) is 0 Å². The van der Waals surface area contributed by atoms with Crippen molar-refractivity contribution in [3.63, 3.8) is 0 Å². The highest BCUT2D eigenvalue weighted by Crippen LogP contribution is 2.44. The van der Waals surface area contributed by atoms with Crippen LogP contribution in [0.5, 0.6) is 0 Å². The zero-order chi connectivity index (χ0) is 13.4. The van der Waals surface area contributed by atoms with E-state index in [1.807, 2.05) is 11.8 Å². The Hall–Kier alpha value is -1.07. The molecule has 0 bridgehead atoms. The second kappa shape index (κ2) is 5.13. The number of halogens is 2. The van der Waals surface area contributed by atoms with E-state index in [-0.39, 0.29) is 6.04 Å². The standard InChI is InChI=1S/C14H13F2NS2/c1-8-4-13(12-2-3-18-14(12)19-8)17-11-6-9(15)5-10(16)7-11/h2-3,5-8,13,17H,4H2,1H3/t8-,13?/m0/s1.